The van der Waals surface area contributed by atoms with Crippen molar-refractivity contribution in [3.05, 3.63) is 82.9 Å². The summed E-state index contributed by atoms with van der Waals surface area (Å²) in [6.45, 7) is 3.21. The maximum absolute atomic E-state index is 13.0. The van der Waals surface area contributed by atoms with Gasteiger partial charge < -0.3 is 5.32 Å². The van der Waals surface area contributed by atoms with Crippen LogP contribution in [-0.2, 0) is 19.5 Å². The van der Waals surface area contributed by atoms with E-state index in [9.17, 15) is 4.79 Å². The van der Waals surface area contributed by atoms with Gasteiger partial charge in [0.1, 0.15) is 0 Å². The topological polar surface area (TPSA) is 59.8 Å². The number of carbonyl (C=O) groups excluding carboxylic acids is 1. The first kappa shape index (κ1) is 17.5. The van der Waals surface area contributed by atoms with E-state index in [1.54, 1.807) is 6.20 Å². The highest BCUT2D eigenvalue weighted by Crippen LogP contribution is 2.42. The standard InChI is InChI=1S/C22H24N4O/c1-2-19-20(22(27)24-14-18-10-6-7-13-23-18)21(17-11-12-17)25-26(19)15-16-8-4-3-5-9-16/h3-10,13,17H,2,11-12,14-15H2,1H3,(H,24,27). The van der Waals surface area contributed by atoms with Crippen LogP contribution in [0.2, 0.25) is 0 Å². The van der Waals surface area contributed by atoms with Crippen LogP contribution >= 0.6 is 0 Å². The van der Waals surface area contributed by atoms with Crippen molar-refractivity contribution in [2.24, 2.45) is 0 Å². The summed E-state index contributed by atoms with van der Waals surface area (Å²) in [6.07, 6.45) is 4.75. The minimum absolute atomic E-state index is 0.0429. The molecule has 4 rings (SSSR count). The molecule has 5 heteroatoms. The van der Waals surface area contributed by atoms with Crippen LogP contribution in [0, 0.1) is 0 Å². The number of rotatable bonds is 7. The number of aromatic nitrogens is 3. The molecule has 3 aromatic rings. The molecule has 138 valence electrons. The second kappa shape index (κ2) is 7.74. The highest BCUT2D eigenvalue weighted by atomic mass is 16.1. The lowest BCUT2D eigenvalue weighted by molar-refractivity contribution is 0.0948. The van der Waals surface area contributed by atoms with E-state index in [1.165, 1.54) is 5.56 Å². The Balaban J connectivity index is 1.61. The third-order valence-corrected chi connectivity index (χ3v) is 4.94. The lowest BCUT2D eigenvalue weighted by atomic mass is 10.1. The van der Waals surface area contributed by atoms with Gasteiger partial charge >= 0.3 is 0 Å². The third kappa shape index (κ3) is 3.92. The molecule has 1 amide bonds. The van der Waals surface area contributed by atoms with E-state index in [2.05, 4.69) is 29.4 Å². The van der Waals surface area contributed by atoms with Gasteiger partial charge in [-0.25, -0.2) is 0 Å². The Morgan fingerprint density at radius 2 is 1.93 bits per heavy atom. The van der Waals surface area contributed by atoms with Crippen LogP contribution in [0.5, 0.6) is 0 Å². The van der Waals surface area contributed by atoms with Crippen LogP contribution in [0.25, 0.3) is 0 Å². The maximum atomic E-state index is 13.0. The number of pyridine rings is 1. The fraction of sp³-hybridized carbons (Fsp3) is 0.318. The fourth-order valence-electron chi connectivity index (χ4n) is 3.42. The molecule has 27 heavy (non-hydrogen) atoms. The molecule has 0 atom stereocenters. The van der Waals surface area contributed by atoms with Crippen LogP contribution in [-0.4, -0.2) is 20.7 Å². The van der Waals surface area contributed by atoms with Gasteiger partial charge in [0.25, 0.3) is 5.91 Å². The third-order valence-electron chi connectivity index (χ3n) is 4.94. The first-order valence-corrected chi connectivity index (χ1v) is 9.58. The maximum Gasteiger partial charge on any atom is 0.255 e. The summed E-state index contributed by atoms with van der Waals surface area (Å²) in [4.78, 5) is 17.3. The zero-order valence-corrected chi connectivity index (χ0v) is 15.6. The van der Waals surface area contributed by atoms with E-state index in [0.29, 0.717) is 19.0 Å². The van der Waals surface area contributed by atoms with Crippen molar-refractivity contribution in [3.63, 3.8) is 0 Å². The number of amides is 1. The molecule has 0 aliphatic heterocycles. The number of nitrogens with zero attached hydrogens (tertiary/aromatic N) is 3. The summed E-state index contributed by atoms with van der Waals surface area (Å²) >= 11 is 0. The Labute approximate surface area is 159 Å². The highest BCUT2D eigenvalue weighted by Gasteiger charge is 2.34. The molecule has 1 N–H and O–H groups in total. The number of hydrogen-bond acceptors (Lipinski definition) is 3. The molecule has 0 bridgehead atoms. The van der Waals surface area contributed by atoms with Crippen LogP contribution in [0.15, 0.2) is 54.7 Å². The first-order valence-electron chi connectivity index (χ1n) is 9.58. The summed E-state index contributed by atoms with van der Waals surface area (Å²) in [5, 5.41) is 7.89. The average Bonchev–Trinajstić information content (AvgIpc) is 3.49. The molecule has 1 aliphatic rings. The zero-order chi connectivity index (χ0) is 18.6. The van der Waals surface area contributed by atoms with Gasteiger partial charge in [-0.2, -0.15) is 5.10 Å². The monoisotopic (exact) mass is 360 g/mol. The van der Waals surface area contributed by atoms with Crippen molar-refractivity contribution in [1.82, 2.24) is 20.1 Å². The minimum atomic E-state index is -0.0429. The van der Waals surface area contributed by atoms with Crippen molar-refractivity contribution in [1.29, 1.82) is 0 Å². The van der Waals surface area contributed by atoms with Gasteiger partial charge in [-0.3, -0.25) is 14.5 Å². The number of carbonyl (C=O) groups is 1. The predicted molar refractivity (Wildman–Crippen MR) is 105 cm³/mol. The molecule has 0 spiro atoms. The van der Waals surface area contributed by atoms with Crippen LogP contribution < -0.4 is 5.32 Å². The Morgan fingerprint density at radius 3 is 2.59 bits per heavy atom. The van der Waals surface area contributed by atoms with Crippen molar-refractivity contribution in [3.8, 4) is 0 Å². The first-order chi connectivity index (χ1) is 13.3. The molecule has 0 unspecified atom stereocenters. The Bertz CT molecular complexity index is 914. The van der Waals surface area contributed by atoms with Gasteiger partial charge in [-0.1, -0.05) is 43.3 Å². The van der Waals surface area contributed by atoms with E-state index in [0.717, 1.165) is 41.9 Å². The number of nitrogens with one attached hydrogen (secondary N) is 1. The van der Waals surface area contributed by atoms with Gasteiger partial charge in [0.05, 0.1) is 35.7 Å². The molecular formula is C22H24N4O. The SMILES string of the molecule is CCc1c(C(=O)NCc2ccccn2)c(C2CC2)nn1Cc1ccccc1. The number of hydrogen-bond donors (Lipinski definition) is 1. The van der Waals surface area contributed by atoms with Gasteiger partial charge in [0.2, 0.25) is 0 Å². The quantitative estimate of drug-likeness (QED) is 0.699. The van der Waals surface area contributed by atoms with Crippen LogP contribution in [0.3, 0.4) is 0 Å². The van der Waals surface area contributed by atoms with Crippen LogP contribution in [0.4, 0.5) is 0 Å². The summed E-state index contributed by atoms with van der Waals surface area (Å²) in [5.41, 5.74) is 4.79. The molecule has 2 heterocycles. The average molecular weight is 360 g/mol. The Morgan fingerprint density at radius 1 is 1.15 bits per heavy atom. The molecule has 2 aromatic heterocycles. The van der Waals surface area contributed by atoms with Crippen molar-refractivity contribution >= 4 is 5.91 Å². The summed E-state index contributed by atoms with van der Waals surface area (Å²) in [5.74, 6) is 0.377. The van der Waals surface area contributed by atoms with E-state index in [4.69, 9.17) is 5.10 Å². The summed E-state index contributed by atoms with van der Waals surface area (Å²) < 4.78 is 2.01. The van der Waals surface area contributed by atoms with Crippen molar-refractivity contribution in [2.75, 3.05) is 0 Å². The van der Waals surface area contributed by atoms with E-state index >= 15 is 0 Å². The molecule has 1 saturated carbocycles. The molecule has 0 saturated heterocycles. The predicted octanol–water partition coefficient (Wildman–Crippen LogP) is 3.70. The zero-order valence-electron chi connectivity index (χ0n) is 15.6. The minimum Gasteiger partial charge on any atom is -0.346 e. The lowest BCUT2D eigenvalue weighted by Crippen LogP contribution is -2.25. The smallest absolute Gasteiger partial charge is 0.255 e. The van der Waals surface area contributed by atoms with E-state index < -0.39 is 0 Å². The Hall–Kier alpha value is -2.95. The van der Waals surface area contributed by atoms with Crippen molar-refractivity contribution < 1.29 is 4.79 Å². The summed E-state index contributed by atoms with van der Waals surface area (Å²) in [6, 6.07) is 16.0. The largest absolute Gasteiger partial charge is 0.346 e. The normalized spacial score (nSPS) is 13.5. The Kier molecular flexibility index (Phi) is 5.01. The second-order valence-electron chi connectivity index (χ2n) is 6.98. The second-order valence-corrected chi connectivity index (χ2v) is 6.98. The lowest BCUT2D eigenvalue weighted by Gasteiger charge is -2.09. The molecule has 1 aliphatic carbocycles. The molecular weight excluding hydrogens is 336 g/mol. The van der Waals surface area contributed by atoms with E-state index in [-0.39, 0.29) is 5.91 Å². The van der Waals surface area contributed by atoms with Gasteiger partial charge in [0, 0.05) is 12.1 Å². The molecule has 1 aromatic carbocycles. The van der Waals surface area contributed by atoms with E-state index in [1.807, 2.05) is 41.1 Å². The van der Waals surface area contributed by atoms with Crippen LogP contribution in [0.1, 0.15) is 58.7 Å². The van der Waals surface area contributed by atoms with Crippen molar-refractivity contribution in [2.45, 2.75) is 45.2 Å². The van der Waals surface area contributed by atoms with Gasteiger partial charge in [-0.05, 0) is 37.0 Å². The molecule has 5 nitrogen and oxygen atoms in total. The fourth-order valence-corrected chi connectivity index (χ4v) is 3.42. The number of benzene rings is 1. The highest BCUT2D eigenvalue weighted by molar-refractivity contribution is 5.96. The van der Waals surface area contributed by atoms with Gasteiger partial charge in [-0.15, -0.1) is 0 Å². The molecule has 0 radical (unpaired) electrons. The van der Waals surface area contributed by atoms with Gasteiger partial charge in [0.15, 0.2) is 0 Å². The summed E-state index contributed by atoms with van der Waals surface area (Å²) in [7, 11) is 0. The molecule has 1 fully saturated rings.